The van der Waals surface area contributed by atoms with Gasteiger partial charge in [0.05, 0.1) is 11.3 Å². The predicted molar refractivity (Wildman–Crippen MR) is 87.1 cm³/mol. The first-order valence-corrected chi connectivity index (χ1v) is 7.05. The molecule has 0 fully saturated rings. The first-order chi connectivity index (χ1) is 11.5. The first kappa shape index (κ1) is 15.3. The van der Waals surface area contributed by atoms with Gasteiger partial charge in [-0.25, -0.2) is 9.97 Å². The number of nitrogens with one attached hydrogen (secondary N) is 1. The van der Waals surface area contributed by atoms with Crippen LogP contribution in [0.5, 0.6) is 0 Å². The van der Waals surface area contributed by atoms with Crippen molar-refractivity contribution in [2.75, 3.05) is 5.32 Å². The molecule has 2 heterocycles. The second-order valence-corrected chi connectivity index (χ2v) is 5.10. The standard InChI is InChI=1S/C16H13N5O3/c1-11-4-5-18-15(8-11)19-16(22)12-2-3-13(14(9-12)21(23)24)20-7-6-17-10-20/h2-10H,1H3,(H,18,19,22). The number of hydrogen-bond donors (Lipinski definition) is 1. The number of benzene rings is 1. The fraction of sp³-hybridized carbons (Fsp3) is 0.0625. The molecule has 0 aliphatic carbocycles. The molecule has 1 amide bonds. The van der Waals surface area contributed by atoms with Crippen molar-refractivity contribution in [3.05, 3.63) is 76.5 Å². The van der Waals surface area contributed by atoms with Crippen molar-refractivity contribution in [3.8, 4) is 5.69 Å². The number of nitrogens with zero attached hydrogens (tertiary/aromatic N) is 4. The summed E-state index contributed by atoms with van der Waals surface area (Å²) in [4.78, 5) is 31.0. The fourth-order valence-electron chi connectivity index (χ4n) is 2.22. The number of aryl methyl sites for hydroxylation is 1. The number of rotatable bonds is 4. The second-order valence-electron chi connectivity index (χ2n) is 5.10. The van der Waals surface area contributed by atoms with Crippen LogP contribution < -0.4 is 5.32 Å². The zero-order valence-electron chi connectivity index (χ0n) is 12.7. The van der Waals surface area contributed by atoms with E-state index in [0.29, 0.717) is 11.5 Å². The normalized spacial score (nSPS) is 10.4. The number of pyridine rings is 1. The molecular weight excluding hydrogens is 310 g/mol. The van der Waals surface area contributed by atoms with Crippen LogP contribution in [-0.2, 0) is 0 Å². The van der Waals surface area contributed by atoms with E-state index in [0.717, 1.165) is 5.56 Å². The summed E-state index contributed by atoms with van der Waals surface area (Å²) < 4.78 is 1.52. The number of imidazole rings is 1. The molecule has 2 aromatic heterocycles. The van der Waals surface area contributed by atoms with Crippen molar-refractivity contribution >= 4 is 17.4 Å². The maximum Gasteiger partial charge on any atom is 0.294 e. The Hall–Kier alpha value is -3.55. The number of carbonyl (C=O) groups excluding carboxylic acids is 1. The first-order valence-electron chi connectivity index (χ1n) is 7.05. The Morgan fingerprint density at radius 2 is 2.08 bits per heavy atom. The Morgan fingerprint density at radius 1 is 1.25 bits per heavy atom. The number of aromatic nitrogens is 3. The van der Waals surface area contributed by atoms with Crippen LogP contribution >= 0.6 is 0 Å². The van der Waals surface area contributed by atoms with Crippen molar-refractivity contribution in [3.63, 3.8) is 0 Å². The highest BCUT2D eigenvalue weighted by atomic mass is 16.6. The smallest absolute Gasteiger partial charge is 0.294 e. The van der Waals surface area contributed by atoms with Gasteiger partial charge in [-0.2, -0.15) is 0 Å². The van der Waals surface area contributed by atoms with Gasteiger partial charge in [0.25, 0.3) is 11.6 Å². The third kappa shape index (κ3) is 3.12. The van der Waals surface area contributed by atoms with Gasteiger partial charge in [-0.3, -0.25) is 14.9 Å². The van der Waals surface area contributed by atoms with Gasteiger partial charge in [0, 0.05) is 30.2 Å². The number of nitro benzene ring substituents is 1. The van der Waals surface area contributed by atoms with E-state index < -0.39 is 10.8 Å². The third-order valence-corrected chi connectivity index (χ3v) is 3.37. The number of amides is 1. The summed E-state index contributed by atoms with van der Waals surface area (Å²) in [5.74, 6) is -0.0743. The van der Waals surface area contributed by atoms with Crippen LogP contribution in [0.1, 0.15) is 15.9 Å². The molecular formula is C16H13N5O3. The van der Waals surface area contributed by atoms with Gasteiger partial charge in [-0.05, 0) is 36.8 Å². The molecule has 0 atom stereocenters. The second kappa shape index (κ2) is 6.29. The van der Waals surface area contributed by atoms with Crippen LogP contribution in [0.15, 0.2) is 55.2 Å². The highest BCUT2D eigenvalue weighted by Gasteiger charge is 2.19. The molecule has 1 N–H and O–H groups in total. The van der Waals surface area contributed by atoms with E-state index in [2.05, 4.69) is 15.3 Å². The lowest BCUT2D eigenvalue weighted by molar-refractivity contribution is -0.384. The van der Waals surface area contributed by atoms with Crippen LogP contribution in [0, 0.1) is 17.0 Å². The maximum atomic E-state index is 12.3. The zero-order valence-corrected chi connectivity index (χ0v) is 12.7. The van der Waals surface area contributed by atoms with Crippen molar-refractivity contribution in [2.45, 2.75) is 6.92 Å². The van der Waals surface area contributed by atoms with Gasteiger partial charge in [-0.15, -0.1) is 0 Å². The summed E-state index contributed by atoms with van der Waals surface area (Å²) >= 11 is 0. The Bertz CT molecular complexity index is 906. The number of anilines is 1. The number of hydrogen-bond acceptors (Lipinski definition) is 5. The van der Waals surface area contributed by atoms with Gasteiger partial charge < -0.3 is 9.88 Å². The molecule has 3 aromatic rings. The van der Waals surface area contributed by atoms with Gasteiger partial charge in [-0.1, -0.05) is 0 Å². The summed E-state index contributed by atoms with van der Waals surface area (Å²) in [6, 6.07) is 7.79. The topological polar surface area (TPSA) is 103 Å². The molecule has 1 aromatic carbocycles. The molecule has 8 nitrogen and oxygen atoms in total. The maximum absolute atomic E-state index is 12.3. The van der Waals surface area contributed by atoms with Crippen LogP contribution in [0.4, 0.5) is 11.5 Å². The Kier molecular flexibility index (Phi) is 4.02. The van der Waals surface area contributed by atoms with Gasteiger partial charge in [0.2, 0.25) is 0 Å². The van der Waals surface area contributed by atoms with Crippen LogP contribution in [-0.4, -0.2) is 25.4 Å². The predicted octanol–water partition coefficient (Wildman–Crippen LogP) is 2.74. The van der Waals surface area contributed by atoms with E-state index in [1.54, 1.807) is 24.5 Å². The molecule has 0 spiro atoms. The quantitative estimate of drug-likeness (QED) is 0.587. The summed E-state index contributed by atoms with van der Waals surface area (Å²) in [6.07, 6.45) is 6.15. The van der Waals surface area contributed by atoms with Crippen molar-refractivity contribution in [2.24, 2.45) is 0 Å². The lowest BCUT2D eigenvalue weighted by Gasteiger charge is -2.07. The van der Waals surface area contributed by atoms with E-state index in [1.807, 2.05) is 6.92 Å². The molecule has 0 aliphatic rings. The van der Waals surface area contributed by atoms with Crippen molar-refractivity contribution < 1.29 is 9.72 Å². The summed E-state index contributed by atoms with van der Waals surface area (Å²) in [5, 5.41) is 14.0. The zero-order chi connectivity index (χ0) is 17.1. The Morgan fingerprint density at radius 3 is 2.75 bits per heavy atom. The lowest BCUT2D eigenvalue weighted by Crippen LogP contribution is -2.13. The molecule has 0 radical (unpaired) electrons. The van der Waals surface area contributed by atoms with Crippen LogP contribution in [0.2, 0.25) is 0 Å². The summed E-state index contributed by atoms with van der Waals surface area (Å²) in [7, 11) is 0. The average molecular weight is 323 g/mol. The van der Waals surface area contributed by atoms with Gasteiger partial charge in [0.1, 0.15) is 11.5 Å². The molecule has 3 rings (SSSR count). The number of carbonyl (C=O) groups is 1. The Balaban J connectivity index is 1.93. The number of nitro groups is 1. The van der Waals surface area contributed by atoms with Gasteiger partial charge >= 0.3 is 0 Å². The average Bonchev–Trinajstić information content (AvgIpc) is 3.08. The minimum absolute atomic E-state index is 0.175. The minimum atomic E-state index is -0.531. The van der Waals surface area contributed by atoms with Crippen molar-refractivity contribution in [1.29, 1.82) is 0 Å². The van der Waals surface area contributed by atoms with E-state index in [9.17, 15) is 14.9 Å². The highest BCUT2D eigenvalue weighted by Crippen LogP contribution is 2.24. The van der Waals surface area contributed by atoms with Gasteiger partial charge in [0.15, 0.2) is 0 Å². The molecule has 0 bridgehead atoms. The van der Waals surface area contributed by atoms with E-state index >= 15 is 0 Å². The molecule has 0 unspecified atom stereocenters. The molecule has 0 aliphatic heterocycles. The van der Waals surface area contributed by atoms with E-state index in [-0.39, 0.29) is 11.3 Å². The van der Waals surface area contributed by atoms with Crippen LogP contribution in [0.25, 0.3) is 5.69 Å². The molecule has 120 valence electrons. The highest BCUT2D eigenvalue weighted by molar-refractivity contribution is 6.04. The molecule has 8 heteroatoms. The SMILES string of the molecule is Cc1ccnc(NC(=O)c2ccc(-n3ccnc3)c([N+](=O)[O-])c2)c1. The lowest BCUT2D eigenvalue weighted by atomic mass is 10.1. The Labute approximate surface area is 136 Å². The summed E-state index contributed by atoms with van der Waals surface area (Å²) in [6.45, 7) is 1.88. The van der Waals surface area contributed by atoms with Crippen molar-refractivity contribution in [1.82, 2.24) is 14.5 Å². The monoisotopic (exact) mass is 323 g/mol. The fourth-order valence-corrected chi connectivity index (χ4v) is 2.22. The third-order valence-electron chi connectivity index (χ3n) is 3.37. The summed E-state index contributed by atoms with van der Waals surface area (Å²) in [5.41, 5.74) is 1.27. The molecule has 0 saturated heterocycles. The molecule has 24 heavy (non-hydrogen) atoms. The molecule has 0 saturated carbocycles. The largest absolute Gasteiger partial charge is 0.307 e. The van der Waals surface area contributed by atoms with Crippen LogP contribution in [0.3, 0.4) is 0 Å². The minimum Gasteiger partial charge on any atom is -0.307 e. The van der Waals surface area contributed by atoms with E-state index in [4.69, 9.17) is 0 Å². The van der Waals surface area contributed by atoms with E-state index in [1.165, 1.54) is 35.3 Å².